The van der Waals surface area contributed by atoms with Gasteiger partial charge in [-0.1, -0.05) is 17.7 Å². The summed E-state index contributed by atoms with van der Waals surface area (Å²) in [5.41, 5.74) is 2.21. The van der Waals surface area contributed by atoms with Gasteiger partial charge in [0.2, 0.25) is 0 Å². The first-order valence-corrected chi connectivity index (χ1v) is 8.19. The van der Waals surface area contributed by atoms with E-state index in [-0.39, 0.29) is 6.10 Å². The molecule has 1 atom stereocenters. The molecule has 0 spiro atoms. The molecule has 2 rings (SSSR count). The van der Waals surface area contributed by atoms with Crippen molar-refractivity contribution in [1.29, 1.82) is 0 Å². The van der Waals surface area contributed by atoms with Crippen molar-refractivity contribution in [3.63, 3.8) is 0 Å². The molecule has 0 saturated heterocycles. The van der Waals surface area contributed by atoms with Crippen molar-refractivity contribution >= 4 is 22.9 Å². The molecule has 114 valence electrons. The van der Waals surface area contributed by atoms with Crippen molar-refractivity contribution in [1.82, 2.24) is 14.9 Å². The van der Waals surface area contributed by atoms with Crippen molar-refractivity contribution < 1.29 is 4.74 Å². The Morgan fingerprint density at radius 2 is 2.19 bits per heavy atom. The number of hydrogen-bond donors (Lipinski definition) is 0. The fraction of sp³-hybridized carbons (Fsp3) is 0.467. The molecule has 0 saturated carbocycles. The van der Waals surface area contributed by atoms with Gasteiger partial charge in [0.05, 0.1) is 5.69 Å². The summed E-state index contributed by atoms with van der Waals surface area (Å²) >= 11 is 7.45. The van der Waals surface area contributed by atoms with E-state index in [1.165, 1.54) is 0 Å². The zero-order valence-electron chi connectivity index (χ0n) is 12.5. The van der Waals surface area contributed by atoms with Gasteiger partial charge in [-0.15, -0.1) is 11.3 Å². The number of nitrogens with zero attached hydrogens (tertiary/aromatic N) is 3. The second-order valence-corrected chi connectivity index (χ2v) is 6.21. The minimum Gasteiger partial charge on any atom is -0.372 e. The molecule has 0 fully saturated rings. The third-order valence-corrected chi connectivity index (χ3v) is 4.29. The number of aromatic nitrogens is 2. The number of halogens is 1. The molecule has 0 unspecified atom stereocenters. The number of rotatable bonds is 7. The second-order valence-electron chi connectivity index (χ2n) is 4.94. The molecule has 0 aliphatic rings. The van der Waals surface area contributed by atoms with E-state index in [0.29, 0.717) is 11.8 Å². The number of thiazole rings is 1. The highest BCUT2D eigenvalue weighted by Crippen LogP contribution is 2.21. The Morgan fingerprint density at radius 3 is 2.86 bits per heavy atom. The summed E-state index contributed by atoms with van der Waals surface area (Å²) in [6.45, 7) is 6.36. The van der Waals surface area contributed by atoms with Gasteiger partial charge < -0.3 is 4.74 Å². The Kier molecular flexibility index (Phi) is 6.11. The van der Waals surface area contributed by atoms with Crippen LogP contribution in [0, 0.1) is 0 Å². The normalized spacial score (nSPS) is 12.8. The Hall–Kier alpha value is -1.01. The van der Waals surface area contributed by atoms with E-state index in [1.807, 2.05) is 32.2 Å². The summed E-state index contributed by atoms with van der Waals surface area (Å²) in [6.07, 6.45) is 1.88. The standard InChI is InChI=1S/C15H20ClN3OS/c1-4-20-11(2)15-18-13(10-21-15)9-19(3)8-12-5-6-14(16)17-7-12/h5-7,10-11H,4,8-9H2,1-3H3/t11-/m0/s1. The SMILES string of the molecule is CCO[C@@H](C)c1nc(CN(C)Cc2ccc(Cl)nc2)cs1. The molecular weight excluding hydrogens is 306 g/mol. The smallest absolute Gasteiger partial charge is 0.129 e. The Morgan fingerprint density at radius 1 is 1.38 bits per heavy atom. The molecular formula is C15H20ClN3OS. The van der Waals surface area contributed by atoms with Crippen LogP contribution in [0.3, 0.4) is 0 Å². The van der Waals surface area contributed by atoms with Crippen molar-refractivity contribution in [3.05, 3.63) is 45.1 Å². The Balaban J connectivity index is 1.90. The Labute approximate surface area is 134 Å². The quantitative estimate of drug-likeness (QED) is 0.723. The van der Waals surface area contributed by atoms with E-state index in [1.54, 1.807) is 11.3 Å². The average molecular weight is 326 g/mol. The summed E-state index contributed by atoms with van der Waals surface area (Å²) in [4.78, 5) is 10.9. The van der Waals surface area contributed by atoms with Gasteiger partial charge in [0, 0.05) is 31.3 Å². The van der Waals surface area contributed by atoms with Crippen molar-refractivity contribution in [2.45, 2.75) is 33.0 Å². The van der Waals surface area contributed by atoms with Crippen LogP contribution < -0.4 is 0 Å². The minimum absolute atomic E-state index is 0.0690. The first-order chi connectivity index (χ1) is 10.1. The van der Waals surface area contributed by atoms with Crippen molar-refractivity contribution in [3.8, 4) is 0 Å². The van der Waals surface area contributed by atoms with E-state index >= 15 is 0 Å². The molecule has 6 heteroatoms. The lowest BCUT2D eigenvalue weighted by Gasteiger charge is -2.15. The number of ether oxygens (including phenoxy) is 1. The number of hydrogen-bond acceptors (Lipinski definition) is 5. The van der Waals surface area contributed by atoms with Crippen LogP contribution in [0.25, 0.3) is 0 Å². The monoisotopic (exact) mass is 325 g/mol. The largest absolute Gasteiger partial charge is 0.372 e. The first-order valence-electron chi connectivity index (χ1n) is 6.93. The average Bonchev–Trinajstić information content (AvgIpc) is 2.90. The predicted molar refractivity (Wildman–Crippen MR) is 86.6 cm³/mol. The molecule has 0 aliphatic carbocycles. The zero-order chi connectivity index (χ0) is 15.2. The molecule has 0 radical (unpaired) electrons. The van der Waals surface area contributed by atoms with Crippen LogP contribution in [0.4, 0.5) is 0 Å². The third kappa shape index (κ3) is 5.04. The van der Waals surface area contributed by atoms with E-state index < -0.39 is 0 Å². The van der Waals surface area contributed by atoms with Gasteiger partial charge >= 0.3 is 0 Å². The van der Waals surface area contributed by atoms with Crippen molar-refractivity contribution in [2.75, 3.05) is 13.7 Å². The summed E-state index contributed by atoms with van der Waals surface area (Å²) in [6, 6.07) is 3.81. The van der Waals surface area contributed by atoms with Crippen LogP contribution in [0.2, 0.25) is 5.15 Å². The van der Waals surface area contributed by atoms with Gasteiger partial charge in [0.1, 0.15) is 16.3 Å². The summed E-state index contributed by atoms with van der Waals surface area (Å²) in [5.74, 6) is 0. The summed E-state index contributed by atoms with van der Waals surface area (Å²) in [5, 5.41) is 3.66. The van der Waals surface area contributed by atoms with E-state index in [4.69, 9.17) is 16.3 Å². The fourth-order valence-corrected chi connectivity index (χ4v) is 2.97. The molecule has 2 aromatic rings. The molecule has 21 heavy (non-hydrogen) atoms. The van der Waals surface area contributed by atoms with Crippen LogP contribution in [-0.2, 0) is 17.8 Å². The highest BCUT2D eigenvalue weighted by molar-refractivity contribution is 7.09. The third-order valence-electron chi connectivity index (χ3n) is 3.01. The van der Waals surface area contributed by atoms with Gasteiger partial charge in [-0.2, -0.15) is 0 Å². The molecule has 0 N–H and O–H groups in total. The maximum absolute atomic E-state index is 5.79. The molecule has 2 aromatic heterocycles. The zero-order valence-corrected chi connectivity index (χ0v) is 14.1. The fourth-order valence-electron chi connectivity index (χ4n) is 2.05. The maximum Gasteiger partial charge on any atom is 0.129 e. The van der Waals surface area contributed by atoms with Gasteiger partial charge in [-0.05, 0) is 32.5 Å². The van der Waals surface area contributed by atoms with E-state index in [2.05, 4.69) is 27.3 Å². The summed E-state index contributed by atoms with van der Waals surface area (Å²) < 4.78 is 5.57. The van der Waals surface area contributed by atoms with Crippen LogP contribution >= 0.6 is 22.9 Å². The lowest BCUT2D eigenvalue weighted by Crippen LogP contribution is -2.17. The van der Waals surface area contributed by atoms with Gasteiger partial charge in [0.25, 0.3) is 0 Å². The molecule has 4 nitrogen and oxygen atoms in total. The number of pyridine rings is 1. The second kappa shape index (κ2) is 7.84. The molecule has 2 heterocycles. The highest BCUT2D eigenvalue weighted by atomic mass is 35.5. The van der Waals surface area contributed by atoms with Crippen LogP contribution in [0.15, 0.2) is 23.7 Å². The molecule has 0 amide bonds. The Bertz CT molecular complexity index is 558. The maximum atomic E-state index is 5.79. The lowest BCUT2D eigenvalue weighted by atomic mass is 10.2. The first kappa shape index (κ1) is 16.4. The predicted octanol–water partition coefficient (Wildman–Crippen LogP) is 3.92. The molecule has 0 aliphatic heterocycles. The highest BCUT2D eigenvalue weighted by Gasteiger charge is 2.11. The minimum atomic E-state index is 0.0690. The van der Waals surface area contributed by atoms with Crippen LogP contribution in [-0.4, -0.2) is 28.5 Å². The van der Waals surface area contributed by atoms with Crippen molar-refractivity contribution in [2.24, 2.45) is 0 Å². The van der Waals surface area contributed by atoms with E-state index in [9.17, 15) is 0 Å². The van der Waals surface area contributed by atoms with E-state index in [0.717, 1.165) is 29.4 Å². The van der Waals surface area contributed by atoms with Gasteiger partial charge in [-0.25, -0.2) is 9.97 Å². The van der Waals surface area contributed by atoms with Gasteiger partial charge in [-0.3, -0.25) is 4.90 Å². The molecule has 0 aromatic carbocycles. The van der Waals surface area contributed by atoms with Gasteiger partial charge in [0.15, 0.2) is 0 Å². The topological polar surface area (TPSA) is 38.2 Å². The lowest BCUT2D eigenvalue weighted by molar-refractivity contribution is 0.0760. The van der Waals surface area contributed by atoms with Crippen LogP contribution in [0.5, 0.6) is 0 Å². The van der Waals surface area contributed by atoms with Crippen LogP contribution in [0.1, 0.15) is 36.2 Å². The summed E-state index contributed by atoms with van der Waals surface area (Å²) in [7, 11) is 2.07. The molecule has 0 bridgehead atoms.